The van der Waals surface area contributed by atoms with Gasteiger partial charge in [0, 0.05) is 25.9 Å². The van der Waals surface area contributed by atoms with Crippen LogP contribution in [0.4, 0.5) is 9.59 Å². The highest BCUT2D eigenvalue weighted by molar-refractivity contribution is 6.02. The van der Waals surface area contributed by atoms with Crippen molar-refractivity contribution in [3.05, 3.63) is 0 Å². The molecule has 0 aromatic carbocycles. The largest absolute Gasteiger partial charge is 0.480 e. The highest BCUT2D eigenvalue weighted by atomic mass is 16.6. The summed E-state index contributed by atoms with van der Waals surface area (Å²) >= 11 is 0. The summed E-state index contributed by atoms with van der Waals surface area (Å²) in [5.74, 6) is -2.93. The van der Waals surface area contributed by atoms with Gasteiger partial charge in [-0.1, -0.05) is 0 Å². The van der Waals surface area contributed by atoms with Crippen LogP contribution >= 0.6 is 0 Å². The van der Waals surface area contributed by atoms with E-state index in [2.05, 4.69) is 9.98 Å². The number of ether oxygens (including phenoxy) is 2. The summed E-state index contributed by atoms with van der Waals surface area (Å²) in [6, 6.07) is -2.08. The predicted octanol–water partition coefficient (Wildman–Crippen LogP) is 3.69. The Bertz CT molecular complexity index is 1070. The van der Waals surface area contributed by atoms with Gasteiger partial charge in [0.05, 0.1) is 0 Å². The highest BCUT2D eigenvalue weighted by Crippen LogP contribution is 2.14. The molecule has 0 aromatic rings. The number of carboxylic acids is 2. The molecule has 0 spiro atoms. The van der Waals surface area contributed by atoms with Gasteiger partial charge < -0.3 is 41.0 Å². The Morgan fingerprint density at radius 3 is 1.21 bits per heavy atom. The van der Waals surface area contributed by atoms with E-state index in [-0.39, 0.29) is 56.9 Å². The average molecular weight is 671 g/mol. The molecule has 0 heterocycles. The first-order valence-corrected chi connectivity index (χ1v) is 15.7. The number of nitrogens with two attached hydrogens (primary N) is 2. The maximum atomic E-state index is 13.3. The van der Waals surface area contributed by atoms with Crippen molar-refractivity contribution in [2.24, 2.45) is 21.5 Å². The van der Waals surface area contributed by atoms with Crippen LogP contribution in [0, 0.1) is 0 Å². The van der Waals surface area contributed by atoms with E-state index in [0.29, 0.717) is 25.7 Å². The molecule has 16 nitrogen and oxygen atoms in total. The Morgan fingerprint density at radius 1 is 0.617 bits per heavy atom. The summed E-state index contributed by atoms with van der Waals surface area (Å²) in [6.45, 7) is 13.3. The third-order valence-electron chi connectivity index (χ3n) is 6.39. The Labute approximate surface area is 276 Å². The van der Waals surface area contributed by atoms with Crippen LogP contribution in [-0.2, 0) is 28.7 Å². The van der Waals surface area contributed by atoms with Crippen LogP contribution in [-0.4, -0.2) is 104 Å². The number of amides is 4. The van der Waals surface area contributed by atoms with Gasteiger partial charge >= 0.3 is 24.1 Å². The number of carbonyl (C=O) groups excluding carboxylic acids is 4. The second kappa shape index (κ2) is 20.3. The number of hydrogen-bond donors (Lipinski definition) is 4. The summed E-state index contributed by atoms with van der Waals surface area (Å²) in [7, 11) is 0. The van der Waals surface area contributed by atoms with Crippen LogP contribution in [0.25, 0.3) is 0 Å². The molecule has 6 N–H and O–H groups in total. The van der Waals surface area contributed by atoms with Gasteiger partial charge in [0.1, 0.15) is 35.0 Å². The first kappa shape index (κ1) is 43.1. The molecule has 0 saturated carbocycles. The third kappa shape index (κ3) is 20.0. The third-order valence-corrected chi connectivity index (χ3v) is 6.39. The normalized spacial score (nSPS) is 13.7. The molecule has 47 heavy (non-hydrogen) atoms. The molecule has 0 aliphatic rings. The summed E-state index contributed by atoms with van der Waals surface area (Å²) < 4.78 is 10.5. The van der Waals surface area contributed by atoms with Crippen LogP contribution in [0.1, 0.15) is 113 Å². The van der Waals surface area contributed by atoms with Gasteiger partial charge in [-0.25, -0.2) is 9.59 Å². The summed E-state index contributed by atoms with van der Waals surface area (Å²) in [6.07, 6.45) is 0.113. The minimum absolute atomic E-state index is 0.0830. The zero-order chi connectivity index (χ0) is 36.5. The molecule has 0 aliphatic carbocycles. The number of amidine groups is 2. The molecule has 2 unspecified atom stereocenters. The highest BCUT2D eigenvalue weighted by Gasteiger charge is 2.24. The SMILES string of the molecule is C/C(=N/C(=O)OC(C)(C)C)N(CCCCC(N)C(=O)O)C(=O)CCCC(=O)N(CCCCC(N)C(=O)O)/C(C)=N\C(=O)OC(C)(C)C. The molecule has 16 heteroatoms. The van der Waals surface area contributed by atoms with Crippen molar-refractivity contribution in [2.45, 2.75) is 136 Å². The lowest BCUT2D eigenvalue weighted by Crippen LogP contribution is -2.38. The molecule has 0 aromatic heterocycles. The lowest BCUT2D eigenvalue weighted by Gasteiger charge is -2.25. The fraction of sp³-hybridized carbons (Fsp3) is 0.742. The molecular weight excluding hydrogens is 616 g/mol. The van der Waals surface area contributed by atoms with Crippen LogP contribution in [0.3, 0.4) is 0 Å². The maximum Gasteiger partial charge on any atom is 0.435 e. The summed E-state index contributed by atoms with van der Waals surface area (Å²) in [5.41, 5.74) is 9.53. The van der Waals surface area contributed by atoms with Crippen molar-refractivity contribution in [1.82, 2.24) is 9.80 Å². The standard InChI is InChI=1S/C31H54N6O10/c1-20(34-28(44)46-30(3,4)5)36(18-11-9-14-22(32)26(40)41)24(38)16-13-17-25(39)37(19-12-10-15-23(33)27(42)43)21(2)35-29(45)47-31(6,7)8/h22-23H,9-19,32-33H2,1-8H3,(H,40,41)(H,42,43)/b34-20-,35-21-. The van der Waals surface area contributed by atoms with Gasteiger partial charge in [-0.3, -0.25) is 19.2 Å². The quantitative estimate of drug-likeness (QED) is 0.104. The Balaban J connectivity index is 5.69. The molecule has 0 bridgehead atoms. The lowest BCUT2D eigenvalue weighted by atomic mass is 10.1. The van der Waals surface area contributed by atoms with Crippen molar-refractivity contribution in [3.63, 3.8) is 0 Å². The van der Waals surface area contributed by atoms with Gasteiger partial charge in [-0.05, 0) is 100 Å². The first-order valence-electron chi connectivity index (χ1n) is 15.7. The number of carboxylic acid groups (broad SMARTS) is 2. The maximum absolute atomic E-state index is 13.3. The second-order valence-electron chi connectivity index (χ2n) is 13.1. The smallest absolute Gasteiger partial charge is 0.435 e. The van der Waals surface area contributed by atoms with Gasteiger partial charge in [-0.15, -0.1) is 0 Å². The molecular formula is C31H54N6O10. The molecule has 0 saturated heterocycles. The molecule has 268 valence electrons. The van der Waals surface area contributed by atoms with E-state index < -0.39 is 59.2 Å². The molecule has 0 rings (SSSR count). The second-order valence-corrected chi connectivity index (χ2v) is 13.1. The first-order chi connectivity index (χ1) is 21.5. The van der Waals surface area contributed by atoms with Crippen LogP contribution < -0.4 is 11.5 Å². The number of aliphatic imine (C=N–C) groups is 2. The van der Waals surface area contributed by atoms with Crippen molar-refractivity contribution in [1.29, 1.82) is 0 Å². The van der Waals surface area contributed by atoms with Crippen molar-refractivity contribution in [3.8, 4) is 0 Å². The average Bonchev–Trinajstić information content (AvgIpc) is 2.89. The van der Waals surface area contributed by atoms with E-state index >= 15 is 0 Å². The summed E-state index contributed by atoms with van der Waals surface area (Å²) in [4.78, 5) is 83.6. The Morgan fingerprint density at radius 2 is 0.936 bits per heavy atom. The molecule has 0 aliphatic heterocycles. The van der Waals surface area contributed by atoms with Crippen LogP contribution in [0.15, 0.2) is 9.98 Å². The van der Waals surface area contributed by atoms with Crippen LogP contribution in [0.2, 0.25) is 0 Å². The molecule has 0 radical (unpaired) electrons. The van der Waals surface area contributed by atoms with E-state index in [1.165, 1.54) is 23.6 Å². The minimum Gasteiger partial charge on any atom is -0.480 e. The lowest BCUT2D eigenvalue weighted by molar-refractivity contribution is -0.139. The Hall–Kier alpha value is -3.92. The number of nitrogens with zero attached hydrogens (tertiary/aromatic N) is 4. The van der Waals surface area contributed by atoms with Crippen molar-refractivity contribution < 1.29 is 48.5 Å². The minimum atomic E-state index is -1.13. The number of aliphatic carboxylic acids is 2. The number of rotatable bonds is 16. The van der Waals surface area contributed by atoms with E-state index in [0.717, 1.165) is 0 Å². The van der Waals surface area contributed by atoms with Gasteiger partial charge in [0.25, 0.3) is 0 Å². The number of unbranched alkanes of at least 4 members (excludes halogenated alkanes) is 2. The molecule has 0 fully saturated rings. The van der Waals surface area contributed by atoms with Gasteiger partial charge in [-0.2, -0.15) is 9.98 Å². The topological polar surface area (TPSA) is 245 Å². The summed E-state index contributed by atoms with van der Waals surface area (Å²) in [5, 5.41) is 18.0. The fourth-order valence-electron chi connectivity index (χ4n) is 4.06. The van der Waals surface area contributed by atoms with E-state index in [9.17, 15) is 28.8 Å². The van der Waals surface area contributed by atoms with Gasteiger partial charge in [0.2, 0.25) is 11.8 Å². The van der Waals surface area contributed by atoms with Crippen LogP contribution in [0.5, 0.6) is 0 Å². The van der Waals surface area contributed by atoms with Gasteiger partial charge in [0.15, 0.2) is 0 Å². The van der Waals surface area contributed by atoms with Crippen molar-refractivity contribution >= 4 is 47.6 Å². The van der Waals surface area contributed by atoms with Crippen molar-refractivity contribution in [2.75, 3.05) is 13.1 Å². The predicted molar refractivity (Wildman–Crippen MR) is 175 cm³/mol. The zero-order valence-electron chi connectivity index (χ0n) is 29.0. The number of carbonyl (C=O) groups is 6. The number of hydrogen-bond acceptors (Lipinski definition) is 10. The monoisotopic (exact) mass is 670 g/mol. The molecule has 2 atom stereocenters. The molecule has 4 amide bonds. The van der Waals surface area contributed by atoms with E-state index in [1.54, 1.807) is 41.5 Å². The Kier molecular flexibility index (Phi) is 18.6. The van der Waals surface area contributed by atoms with E-state index in [4.69, 9.17) is 31.2 Å². The zero-order valence-corrected chi connectivity index (χ0v) is 29.0. The van der Waals surface area contributed by atoms with E-state index in [1.807, 2.05) is 0 Å². The fourth-order valence-corrected chi connectivity index (χ4v) is 4.06.